The molecule has 1 aromatic heterocycles. The van der Waals surface area contributed by atoms with Gasteiger partial charge in [-0.1, -0.05) is 30.3 Å². The normalized spacial score (nSPS) is 18.7. The number of amides is 3. The molecule has 0 bridgehead atoms. The zero-order chi connectivity index (χ0) is 16.2. The largest absolute Gasteiger partial charge is 0.334 e. The maximum absolute atomic E-state index is 12.2. The molecule has 0 aliphatic carbocycles. The maximum atomic E-state index is 12.2. The van der Waals surface area contributed by atoms with E-state index in [1.165, 1.54) is 6.33 Å². The van der Waals surface area contributed by atoms with Gasteiger partial charge in [0.2, 0.25) is 11.9 Å². The number of nitrogens with one attached hydrogen (secondary N) is 3. The van der Waals surface area contributed by atoms with E-state index in [9.17, 15) is 9.59 Å². The van der Waals surface area contributed by atoms with Crippen molar-refractivity contribution in [2.24, 2.45) is 0 Å². The van der Waals surface area contributed by atoms with E-state index in [0.29, 0.717) is 13.0 Å². The summed E-state index contributed by atoms with van der Waals surface area (Å²) in [6, 6.07) is 9.18. The molecule has 3 rings (SSSR count). The van der Waals surface area contributed by atoms with Crippen LogP contribution in [0.1, 0.15) is 24.9 Å². The Balaban J connectivity index is 1.58. The summed E-state index contributed by atoms with van der Waals surface area (Å²) in [5.41, 5.74) is 1.08. The smallest absolute Gasteiger partial charge is 0.321 e. The Hall–Kier alpha value is -2.90. The monoisotopic (exact) mass is 314 g/mol. The maximum Gasteiger partial charge on any atom is 0.321 e. The molecular formula is C15H18N6O2. The van der Waals surface area contributed by atoms with Crippen molar-refractivity contribution < 1.29 is 9.59 Å². The number of carbonyl (C=O) groups is 2. The molecule has 3 N–H and O–H groups in total. The van der Waals surface area contributed by atoms with Gasteiger partial charge < -0.3 is 10.2 Å². The van der Waals surface area contributed by atoms with Crippen molar-refractivity contribution >= 4 is 17.9 Å². The first kappa shape index (κ1) is 15.0. The van der Waals surface area contributed by atoms with Crippen molar-refractivity contribution in [1.82, 2.24) is 25.4 Å². The number of anilines is 1. The van der Waals surface area contributed by atoms with Crippen LogP contribution < -0.4 is 10.6 Å². The topological polar surface area (TPSA) is 103 Å². The molecule has 1 aliphatic rings. The number of carbonyl (C=O) groups excluding carboxylic acids is 2. The highest BCUT2D eigenvalue weighted by molar-refractivity contribution is 5.88. The number of aromatic amines is 1. The third kappa shape index (κ3) is 3.47. The van der Waals surface area contributed by atoms with Gasteiger partial charge in [0.15, 0.2) is 0 Å². The number of urea groups is 1. The summed E-state index contributed by atoms with van der Waals surface area (Å²) >= 11 is 0. The van der Waals surface area contributed by atoms with E-state index in [1.54, 1.807) is 4.90 Å². The van der Waals surface area contributed by atoms with Crippen molar-refractivity contribution in [3.8, 4) is 0 Å². The first-order valence-electron chi connectivity index (χ1n) is 7.41. The van der Waals surface area contributed by atoms with E-state index in [1.807, 2.05) is 37.3 Å². The lowest BCUT2D eigenvalue weighted by molar-refractivity contribution is -0.129. The summed E-state index contributed by atoms with van der Waals surface area (Å²) in [7, 11) is 0. The lowest BCUT2D eigenvalue weighted by Crippen LogP contribution is -2.40. The van der Waals surface area contributed by atoms with E-state index >= 15 is 0 Å². The average molecular weight is 314 g/mol. The summed E-state index contributed by atoms with van der Waals surface area (Å²) in [5.74, 6) is 0.299. The quantitative estimate of drug-likeness (QED) is 0.791. The molecule has 2 unspecified atom stereocenters. The Labute approximate surface area is 133 Å². The number of nitrogens with zero attached hydrogens (tertiary/aromatic N) is 3. The lowest BCUT2D eigenvalue weighted by atomic mass is 10.1. The predicted octanol–water partition coefficient (Wildman–Crippen LogP) is 1.29. The van der Waals surface area contributed by atoms with E-state index in [0.717, 1.165) is 5.56 Å². The fraction of sp³-hybridized carbons (Fsp3) is 0.333. The van der Waals surface area contributed by atoms with E-state index in [4.69, 9.17) is 0 Å². The average Bonchev–Trinajstić information content (AvgIpc) is 3.17. The Kier molecular flexibility index (Phi) is 4.22. The SMILES string of the molecule is CC(c1ccccc1)N1CC(NC(=O)Nc2ncn[nH]2)CC1=O. The van der Waals surface area contributed by atoms with Crippen molar-refractivity contribution in [2.75, 3.05) is 11.9 Å². The molecule has 3 amide bonds. The van der Waals surface area contributed by atoms with Gasteiger partial charge in [-0.15, -0.1) is 0 Å². The van der Waals surface area contributed by atoms with Gasteiger partial charge in [0.05, 0.1) is 12.1 Å². The highest BCUT2D eigenvalue weighted by atomic mass is 16.2. The van der Waals surface area contributed by atoms with Crippen molar-refractivity contribution in [3.05, 3.63) is 42.2 Å². The van der Waals surface area contributed by atoms with Crippen molar-refractivity contribution in [1.29, 1.82) is 0 Å². The molecule has 1 fully saturated rings. The Morgan fingerprint density at radius 1 is 1.39 bits per heavy atom. The van der Waals surface area contributed by atoms with Crippen LogP contribution in [0.3, 0.4) is 0 Å². The van der Waals surface area contributed by atoms with Crippen LogP contribution in [-0.2, 0) is 4.79 Å². The van der Waals surface area contributed by atoms with Crippen LogP contribution >= 0.6 is 0 Å². The molecule has 0 spiro atoms. The minimum Gasteiger partial charge on any atom is -0.334 e. The van der Waals surface area contributed by atoms with E-state index in [-0.39, 0.29) is 23.9 Å². The Bertz CT molecular complexity index is 673. The van der Waals surface area contributed by atoms with Crippen LogP contribution in [-0.4, -0.2) is 44.6 Å². The zero-order valence-corrected chi connectivity index (χ0v) is 12.7. The molecule has 2 atom stereocenters. The van der Waals surface area contributed by atoms with Crippen molar-refractivity contribution in [2.45, 2.75) is 25.4 Å². The first-order chi connectivity index (χ1) is 11.1. The summed E-state index contributed by atoms with van der Waals surface area (Å²) in [6.07, 6.45) is 1.60. The molecule has 2 heterocycles. The minimum absolute atomic E-state index is 0.0205. The number of rotatable bonds is 4. The highest BCUT2D eigenvalue weighted by Crippen LogP contribution is 2.25. The van der Waals surface area contributed by atoms with Crippen LogP contribution in [0.5, 0.6) is 0 Å². The Morgan fingerprint density at radius 2 is 2.17 bits per heavy atom. The number of hydrogen-bond donors (Lipinski definition) is 3. The van der Waals surface area contributed by atoms with E-state index in [2.05, 4.69) is 25.8 Å². The third-order valence-corrected chi connectivity index (χ3v) is 3.89. The molecule has 0 radical (unpaired) electrons. The third-order valence-electron chi connectivity index (χ3n) is 3.89. The second-order valence-corrected chi connectivity index (χ2v) is 5.47. The zero-order valence-electron chi connectivity index (χ0n) is 12.7. The molecule has 23 heavy (non-hydrogen) atoms. The van der Waals surface area contributed by atoms with Gasteiger partial charge in [-0.2, -0.15) is 10.1 Å². The number of H-pyrrole nitrogens is 1. The summed E-state index contributed by atoms with van der Waals surface area (Å²) in [6.45, 7) is 2.48. The fourth-order valence-electron chi connectivity index (χ4n) is 2.71. The van der Waals surface area contributed by atoms with Crippen LogP contribution in [0.15, 0.2) is 36.7 Å². The molecule has 2 aromatic rings. The number of benzene rings is 1. The molecule has 8 heteroatoms. The Morgan fingerprint density at radius 3 is 2.87 bits per heavy atom. The van der Waals surface area contributed by atoms with Gasteiger partial charge in [0.1, 0.15) is 6.33 Å². The van der Waals surface area contributed by atoms with Crippen LogP contribution in [0.4, 0.5) is 10.7 Å². The van der Waals surface area contributed by atoms with Gasteiger partial charge >= 0.3 is 6.03 Å². The second kappa shape index (κ2) is 6.47. The summed E-state index contributed by atoms with van der Waals surface area (Å²) < 4.78 is 0. The summed E-state index contributed by atoms with van der Waals surface area (Å²) in [4.78, 5) is 29.7. The summed E-state index contributed by atoms with van der Waals surface area (Å²) in [5, 5.41) is 11.5. The van der Waals surface area contributed by atoms with Crippen molar-refractivity contribution in [3.63, 3.8) is 0 Å². The molecule has 8 nitrogen and oxygen atoms in total. The molecular weight excluding hydrogens is 296 g/mol. The standard InChI is InChI=1S/C15H18N6O2/c1-10(11-5-3-2-4-6-11)21-8-12(7-13(21)22)18-15(23)19-14-16-9-17-20-14/h2-6,9-10,12H,7-8H2,1H3,(H3,16,17,18,19,20,23). The number of hydrogen-bond acceptors (Lipinski definition) is 4. The van der Waals surface area contributed by atoms with Gasteiger partial charge in [0.25, 0.3) is 0 Å². The second-order valence-electron chi connectivity index (χ2n) is 5.47. The molecule has 1 saturated heterocycles. The van der Waals surface area contributed by atoms with Gasteiger partial charge in [0, 0.05) is 13.0 Å². The predicted molar refractivity (Wildman–Crippen MR) is 83.5 cm³/mol. The number of likely N-dealkylation sites (tertiary alicyclic amines) is 1. The number of aromatic nitrogens is 3. The van der Waals surface area contributed by atoms with Gasteiger partial charge in [-0.25, -0.2) is 9.89 Å². The van der Waals surface area contributed by atoms with Gasteiger partial charge in [-0.3, -0.25) is 10.1 Å². The molecule has 1 aliphatic heterocycles. The first-order valence-corrected chi connectivity index (χ1v) is 7.41. The van der Waals surface area contributed by atoms with E-state index < -0.39 is 6.03 Å². The molecule has 0 saturated carbocycles. The lowest BCUT2D eigenvalue weighted by Gasteiger charge is -2.25. The fourth-order valence-corrected chi connectivity index (χ4v) is 2.71. The van der Waals surface area contributed by atoms with Crippen LogP contribution in [0.2, 0.25) is 0 Å². The molecule has 1 aromatic carbocycles. The van der Waals surface area contributed by atoms with Crippen LogP contribution in [0, 0.1) is 0 Å². The van der Waals surface area contributed by atoms with Crippen LogP contribution in [0.25, 0.3) is 0 Å². The van der Waals surface area contributed by atoms with Gasteiger partial charge in [-0.05, 0) is 12.5 Å². The highest BCUT2D eigenvalue weighted by Gasteiger charge is 2.33. The minimum atomic E-state index is -0.409. The molecule has 120 valence electrons.